The number of aromatic nitrogens is 4. The molecule has 6 rings (SSSR count). The van der Waals surface area contributed by atoms with Gasteiger partial charge in [-0.3, -0.25) is 15.0 Å². The zero-order chi connectivity index (χ0) is 23.3. The van der Waals surface area contributed by atoms with Crippen LogP contribution in [0, 0.1) is 26.0 Å². The minimum Gasteiger partial charge on any atom is -0.304 e. The van der Waals surface area contributed by atoms with Crippen LogP contribution in [-0.2, 0) is 20.1 Å². The summed E-state index contributed by atoms with van der Waals surface area (Å²) in [6.07, 6.45) is 7.41. The molecule has 0 bridgehead atoms. The van der Waals surface area contributed by atoms with Gasteiger partial charge >= 0.3 is 0 Å². The number of aryl methyl sites for hydroxylation is 2. The van der Waals surface area contributed by atoms with Crippen molar-refractivity contribution in [2.45, 2.75) is 13.8 Å². The molecule has 0 saturated heterocycles. The van der Waals surface area contributed by atoms with Crippen LogP contribution in [-0.4, -0.2) is 19.9 Å². The third kappa shape index (κ3) is 5.65. The third-order valence-electron chi connectivity index (χ3n) is 5.65. The smallest absolute Gasteiger partial charge is 0.0755 e. The number of rotatable bonds is 2. The van der Waals surface area contributed by atoms with Gasteiger partial charge in [0.15, 0.2) is 0 Å². The van der Waals surface area contributed by atoms with Crippen molar-refractivity contribution in [2.75, 3.05) is 0 Å². The molecule has 0 spiro atoms. The van der Waals surface area contributed by atoms with Gasteiger partial charge in [0.05, 0.1) is 11.3 Å². The normalized spacial score (nSPS) is 10.3. The van der Waals surface area contributed by atoms with Crippen LogP contribution < -0.4 is 0 Å². The second kappa shape index (κ2) is 11.1. The van der Waals surface area contributed by atoms with E-state index in [9.17, 15) is 0 Å². The van der Waals surface area contributed by atoms with Gasteiger partial charge in [-0.25, -0.2) is 0 Å². The van der Waals surface area contributed by atoms with E-state index in [2.05, 4.69) is 58.0 Å². The van der Waals surface area contributed by atoms with E-state index in [1.54, 1.807) is 6.20 Å². The van der Waals surface area contributed by atoms with Crippen molar-refractivity contribution in [2.24, 2.45) is 0 Å². The van der Waals surface area contributed by atoms with Crippen LogP contribution in [0.2, 0.25) is 0 Å². The predicted octanol–water partition coefficient (Wildman–Crippen LogP) is 6.81. The van der Waals surface area contributed by atoms with Crippen LogP contribution in [0.15, 0.2) is 97.6 Å². The van der Waals surface area contributed by atoms with Crippen molar-refractivity contribution in [3.05, 3.63) is 121 Å². The SMILES string of the molecule is Cc1cnc(-c2[c-]cccc2)cc1C.[Ir].[c-]1ccccc1-c1ncc2cc3ccncc3cc2n1. The Hall–Kier alpha value is -3.79. The second-order valence-corrected chi connectivity index (χ2v) is 8.03. The molecule has 0 aliphatic carbocycles. The Kier molecular flexibility index (Phi) is 7.71. The van der Waals surface area contributed by atoms with E-state index in [1.807, 2.05) is 79.3 Å². The first-order chi connectivity index (χ1) is 16.7. The van der Waals surface area contributed by atoms with Gasteiger partial charge in [-0.1, -0.05) is 11.6 Å². The third-order valence-corrected chi connectivity index (χ3v) is 5.65. The fraction of sp³-hybridized carbons (Fsp3) is 0.0667. The fourth-order valence-electron chi connectivity index (χ4n) is 3.60. The molecular weight excluding hydrogens is 609 g/mol. The topological polar surface area (TPSA) is 51.6 Å². The van der Waals surface area contributed by atoms with E-state index in [0.29, 0.717) is 5.82 Å². The molecule has 1 radical (unpaired) electrons. The van der Waals surface area contributed by atoms with Gasteiger partial charge in [0, 0.05) is 55.7 Å². The summed E-state index contributed by atoms with van der Waals surface area (Å²) in [5.41, 5.74) is 6.37. The van der Waals surface area contributed by atoms with Crippen LogP contribution in [0.25, 0.3) is 44.3 Å². The van der Waals surface area contributed by atoms with Gasteiger partial charge in [-0.2, -0.15) is 0 Å². The van der Waals surface area contributed by atoms with Crippen molar-refractivity contribution in [3.63, 3.8) is 0 Å². The van der Waals surface area contributed by atoms with Crippen molar-refractivity contribution >= 4 is 21.7 Å². The molecule has 3 heterocycles. The molecule has 35 heavy (non-hydrogen) atoms. The summed E-state index contributed by atoms with van der Waals surface area (Å²) in [6.45, 7) is 4.17. The standard InChI is InChI=1S/C17H10N3.C13H12N.Ir/c1-2-4-12(5-3-1)17-19-11-15-8-13-6-7-18-10-14(13)9-16(15)20-17;1-10-8-13(14-9-11(10)2)12-6-4-3-5-7-12;/h1-4,6-11H;3-6,8-9H,1-2H3;/q2*-1;. The van der Waals surface area contributed by atoms with Crippen LogP contribution >= 0.6 is 0 Å². The van der Waals surface area contributed by atoms with Crippen molar-refractivity contribution in [1.29, 1.82) is 0 Å². The Labute approximate surface area is 218 Å². The monoisotopic (exact) mass is 631 g/mol. The molecular formula is C30H22IrN4-2. The molecule has 0 aliphatic rings. The molecule has 6 aromatic rings. The van der Waals surface area contributed by atoms with E-state index in [0.717, 1.165) is 38.5 Å². The average Bonchev–Trinajstić information content (AvgIpc) is 2.90. The molecule has 3 aromatic carbocycles. The quantitative estimate of drug-likeness (QED) is 0.156. The molecule has 0 N–H and O–H groups in total. The number of benzene rings is 3. The van der Waals surface area contributed by atoms with E-state index in [1.165, 1.54) is 11.1 Å². The van der Waals surface area contributed by atoms with Gasteiger partial charge in [-0.15, -0.1) is 71.8 Å². The van der Waals surface area contributed by atoms with Gasteiger partial charge in [0.2, 0.25) is 0 Å². The van der Waals surface area contributed by atoms with Crippen LogP contribution in [0.3, 0.4) is 0 Å². The first-order valence-electron chi connectivity index (χ1n) is 11.1. The van der Waals surface area contributed by atoms with Gasteiger partial charge in [0.25, 0.3) is 0 Å². The molecule has 173 valence electrons. The van der Waals surface area contributed by atoms with Crippen LogP contribution in [0.4, 0.5) is 0 Å². The van der Waals surface area contributed by atoms with E-state index >= 15 is 0 Å². The Morgan fingerprint density at radius 2 is 1.43 bits per heavy atom. The summed E-state index contributed by atoms with van der Waals surface area (Å²) in [6, 6.07) is 30.2. The van der Waals surface area contributed by atoms with Crippen LogP contribution in [0.1, 0.15) is 11.1 Å². The molecule has 0 atom stereocenters. The van der Waals surface area contributed by atoms with Gasteiger partial charge < -0.3 is 4.98 Å². The van der Waals surface area contributed by atoms with E-state index in [4.69, 9.17) is 0 Å². The number of hydrogen-bond donors (Lipinski definition) is 0. The summed E-state index contributed by atoms with van der Waals surface area (Å²) < 4.78 is 0. The number of fused-ring (bicyclic) bond motifs is 2. The first-order valence-corrected chi connectivity index (χ1v) is 11.1. The van der Waals surface area contributed by atoms with E-state index < -0.39 is 0 Å². The molecule has 0 saturated carbocycles. The maximum Gasteiger partial charge on any atom is 0.0755 e. The summed E-state index contributed by atoms with van der Waals surface area (Å²) in [7, 11) is 0. The summed E-state index contributed by atoms with van der Waals surface area (Å²) in [4.78, 5) is 17.6. The van der Waals surface area contributed by atoms with E-state index in [-0.39, 0.29) is 20.1 Å². The minimum atomic E-state index is 0. The molecule has 5 heteroatoms. The van der Waals surface area contributed by atoms with Gasteiger partial charge in [-0.05, 0) is 48.7 Å². The number of pyridine rings is 2. The van der Waals surface area contributed by atoms with Gasteiger partial charge in [0.1, 0.15) is 0 Å². The molecule has 0 unspecified atom stereocenters. The molecule has 4 nitrogen and oxygen atoms in total. The summed E-state index contributed by atoms with van der Waals surface area (Å²) in [5, 5.41) is 3.26. The molecule has 3 aromatic heterocycles. The minimum absolute atomic E-state index is 0. The molecule has 0 fully saturated rings. The second-order valence-electron chi connectivity index (χ2n) is 8.03. The molecule has 0 amide bonds. The Balaban J connectivity index is 0.000000171. The summed E-state index contributed by atoms with van der Waals surface area (Å²) in [5.74, 6) is 0.696. The first kappa shape index (κ1) is 24.3. The fourth-order valence-corrected chi connectivity index (χ4v) is 3.60. The van der Waals surface area contributed by atoms with Crippen molar-refractivity contribution < 1.29 is 20.1 Å². The number of nitrogens with zero attached hydrogens (tertiary/aromatic N) is 4. The zero-order valence-corrected chi connectivity index (χ0v) is 21.8. The average molecular weight is 631 g/mol. The van der Waals surface area contributed by atoms with Crippen molar-refractivity contribution in [1.82, 2.24) is 19.9 Å². The predicted molar refractivity (Wildman–Crippen MR) is 137 cm³/mol. The Morgan fingerprint density at radius 3 is 2.14 bits per heavy atom. The summed E-state index contributed by atoms with van der Waals surface area (Å²) >= 11 is 0. The zero-order valence-electron chi connectivity index (χ0n) is 19.4. The van der Waals surface area contributed by atoms with Crippen molar-refractivity contribution in [3.8, 4) is 22.6 Å². The largest absolute Gasteiger partial charge is 0.304 e. The Bertz CT molecular complexity index is 1570. The maximum absolute atomic E-state index is 4.63. The maximum atomic E-state index is 4.63. The molecule has 0 aliphatic heterocycles. The van der Waals surface area contributed by atoms with Crippen LogP contribution in [0.5, 0.6) is 0 Å². The Morgan fingerprint density at radius 1 is 0.657 bits per heavy atom. The number of hydrogen-bond acceptors (Lipinski definition) is 4.